The molecule has 1 aromatic heterocycles. The Balaban J connectivity index is 1.69. The van der Waals surface area contributed by atoms with Crippen molar-refractivity contribution in [3.05, 3.63) is 53.7 Å². The minimum atomic E-state index is -0.247. The van der Waals surface area contributed by atoms with E-state index in [1.165, 1.54) is 0 Å². The van der Waals surface area contributed by atoms with Gasteiger partial charge in [-0.1, -0.05) is 11.6 Å². The monoisotopic (exact) mass is 356 g/mol. The summed E-state index contributed by atoms with van der Waals surface area (Å²) in [5, 5.41) is 6.12. The van der Waals surface area contributed by atoms with Crippen LogP contribution in [0.1, 0.15) is 13.8 Å². The van der Waals surface area contributed by atoms with E-state index in [2.05, 4.69) is 20.6 Å². The van der Waals surface area contributed by atoms with Crippen molar-refractivity contribution in [2.75, 3.05) is 5.32 Å². The van der Waals surface area contributed by atoms with Crippen LogP contribution in [0.4, 0.5) is 10.5 Å². The van der Waals surface area contributed by atoms with Gasteiger partial charge < -0.3 is 15.4 Å². The highest BCUT2D eigenvalue weighted by Crippen LogP contribution is 2.23. The van der Waals surface area contributed by atoms with Crippen molar-refractivity contribution < 1.29 is 9.53 Å². The fourth-order valence-corrected chi connectivity index (χ4v) is 2.34. The Morgan fingerprint density at radius 3 is 2.60 bits per heavy atom. The number of urea groups is 1. The van der Waals surface area contributed by atoms with E-state index in [1.54, 1.807) is 48.7 Å². The van der Waals surface area contributed by atoms with E-state index in [0.717, 1.165) is 0 Å². The van der Waals surface area contributed by atoms with Gasteiger partial charge in [-0.2, -0.15) is 0 Å². The number of fused-ring (bicyclic) bond motifs is 1. The van der Waals surface area contributed by atoms with Gasteiger partial charge in [0.05, 0.1) is 17.2 Å². The third-order valence-corrected chi connectivity index (χ3v) is 3.47. The van der Waals surface area contributed by atoms with Crippen LogP contribution in [0.3, 0.4) is 0 Å². The highest BCUT2D eigenvalue weighted by molar-refractivity contribution is 6.31. The summed E-state index contributed by atoms with van der Waals surface area (Å²) in [7, 11) is 0. The van der Waals surface area contributed by atoms with E-state index >= 15 is 0 Å². The maximum atomic E-state index is 11.7. The number of carbonyl (C=O) groups is 1. The van der Waals surface area contributed by atoms with Crippen molar-refractivity contribution in [1.29, 1.82) is 0 Å². The average molecular weight is 357 g/mol. The molecule has 0 saturated heterocycles. The Morgan fingerprint density at radius 1 is 1.12 bits per heavy atom. The van der Waals surface area contributed by atoms with E-state index in [-0.39, 0.29) is 12.1 Å². The van der Waals surface area contributed by atoms with Gasteiger partial charge in [0.25, 0.3) is 0 Å². The van der Waals surface area contributed by atoms with E-state index in [9.17, 15) is 4.79 Å². The molecule has 25 heavy (non-hydrogen) atoms. The van der Waals surface area contributed by atoms with Gasteiger partial charge in [-0.05, 0) is 56.3 Å². The number of nitrogens with zero attached hydrogens (tertiary/aromatic N) is 2. The molecule has 3 aromatic rings. The first kappa shape index (κ1) is 17.0. The van der Waals surface area contributed by atoms with E-state index < -0.39 is 0 Å². The van der Waals surface area contributed by atoms with Crippen LogP contribution in [0.25, 0.3) is 11.0 Å². The summed E-state index contributed by atoms with van der Waals surface area (Å²) in [6.45, 7) is 3.80. The number of anilines is 1. The van der Waals surface area contributed by atoms with Crippen LogP contribution in [0.5, 0.6) is 11.6 Å². The van der Waals surface area contributed by atoms with Crippen molar-refractivity contribution in [3.63, 3.8) is 0 Å². The lowest BCUT2D eigenvalue weighted by Crippen LogP contribution is -2.34. The standard InChI is InChI=1S/C18H17ClN4O2/c1-11(2)21-18(24)22-13-4-6-14(7-5-13)25-17-10-20-16-9-12(19)3-8-15(16)23-17/h3-11H,1-2H3,(H2,21,22,24). The van der Waals surface area contributed by atoms with Crippen molar-refractivity contribution in [1.82, 2.24) is 15.3 Å². The molecular formula is C18H17ClN4O2. The Bertz CT molecular complexity index is 897. The summed E-state index contributed by atoms with van der Waals surface area (Å²) in [4.78, 5) is 20.3. The first-order chi connectivity index (χ1) is 12.0. The van der Waals surface area contributed by atoms with Gasteiger partial charge >= 0.3 is 6.03 Å². The molecule has 0 radical (unpaired) electrons. The zero-order valence-electron chi connectivity index (χ0n) is 13.8. The normalized spacial score (nSPS) is 10.7. The second kappa shape index (κ2) is 7.36. The topological polar surface area (TPSA) is 76.1 Å². The van der Waals surface area contributed by atoms with Gasteiger partial charge in [0.2, 0.25) is 5.88 Å². The lowest BCUT2D eigenvalue weighted by molar-refractivity contribution is 0.250. The molecule has 2 N–H and O–H groups in total. The van der Waals surface area contributed by atoms with Gasteiger partial charge in [0, 0.05) is 16.8 Å². The molecule has 0 saturated carbocycles. The minimum absolute atomic E-state index is 0.0731. The van der Waals surface area contributed by atoms with E-state index in [0.29, 0.717) is 33.4 Å². The summed E-state index contributed by atoms with van der Waals surface area (Å²) < 4.78 is 5.71. The molecule has 6 nitrogen and oxygen atoms in total. The van der Waals surface area contributed by atoms with Crippen molar-refractivity contribution in [2.45, 2.75) is 19.9 Å². The Hall–Kier alpha value is -2.86. The molecule has 2 aromatic carbocycles. The molecule has 0 aliphatic heterocycles. The average Bonchev–Trinajstić information content (AvgIpc) is 2.56. The number of nitrogens with one attached hydrogen (secondary N) is 2. The molecule has 0 unspecified atom stereocenters. The Morgan fingerprint density at radius 2 is 1.88 bits per heavy atom. The van der Waals surface area contributed by atoms with Gasteiger partial charge in [-0.3, -0.25) is 0 Å². The number of aromatic nitrogens is 2. The molecule has 3 rings (SSSR count). The van der Waals surface area contributed by atoms with Crippen molar-refractivity contribution in [3.8, 4) is 11.6 Å². The lowest BCUT2D eigenvalue weighted by atomic mass is 10.3. The van der Waals surface area contributed by atoms with Crippen molar-refractivity contribution in [2.24, 2.45) is 0 Å². The van der Waals surface area contributed by atoms with Gasteiger partial charge in [-0.25, -0.2) is 14.8 Å². The highest BCUT2D eigenvalue weighted by atomic mass is 35.5. The van der Waals surface area contributed by atoms with Crippen LogP contribution in [0, 0.1) is 0 Å². The number of halogens is 1. The number of benzene rings is 2. The smallest absolute Gasteiger partial charge is 0.319 e. The van der Waals surface area contributed by atoms with Crippen LogP contribution in [0.2, 0.25) is 5.02 Å². The first-order valence-corrected chi connectivity index (χ1v) is 8.15. The van der Waals surface area contributed by atoms with E-state index in [1.807, 2.05) is 13.8 Å². The third-order valence-electron chi connectivity index (χ3n) is 3.24. The fraction of sp³-hybridized carbons (Fsp3) is 0.167. The molecule has 0 atom stereocenters. The van der Waals surface area contributed by atoms with Gasteiger partial charge in [-0.15, -0.1) is 0 Å². The van der Waals surface area contributed by atoms with E-state index in [4.69, 9.17) is 16.3 Å². The number of amides is 2. The maximum absolute atomic E-state index is 11.7. The summed E-state index contributed by atoms with van der Waals surface area (Å²) in [6.07, 6.45) is 1.54. The summed E-state index contributed by atoms with van der Waals surface area (Å²) >= 11 is 5.93. The third kappa shape index (κ3) is 4.58. The molecule has 0 fully saturated rings. The minimum Gasteiger partial charge on any atom is -0.437 e. The molecule has 2 amide bonds. The van der Waals surface area contributed by atoms with Crippen LogP contribution in [-0.2, 0) is 0 Å². The molecular weight excluding hydrogens is 340 g/mol. The molecule has 128 valence electrons. The zero-order chi connectivity index (χ0) is 17.8. The van der Waals surface area contributed by atoms with Crippen LogP contribution in [0.15, 0.2) is 48.7 Å². The predicted molar refractivity (Wildman–Crippen MR) is 98.4 cm³/mol. The fourth-order valence-electron chi connectivity index (χ4n) is 2.17. The first-order valence-electron chi connectivity index (χ1n) is 7.77. The quantitative estimate of drug-likeness (QED) is 0.716. The second-order valence-corrected chi connectivity index (χ2v) is 6.16. The molecule has 0 aliphatic rings. The molecule has 1 heterocycles. The number of carbonyl (C=O) groups excluding carboxylic acids is 1. The van der Waals surface area contributed by atoms with Crippen LogP contribution >= 0.6 is 11.6 Å². The van der Waals surface area contributed by atoms with Crippen molar-refractivity contribution >= 4 is 34.4 Å². The summed E-state index contributed by atoms with van der Waals surface area (Å²) in [6, 6.07) is 12.1. The summed E-state index contributed by atoms with van der Waals surface area (Å²) in [5.41, 5.74) is 2.07. The second-order valence-electron chi connectivity index (χ2n) is 5.72. The van der Waals surface area contributed by atoms with Crippen LogP contribution < -0.4 is 15.4 Å². The molecule has 0 spiro atoms. The predicted octanol–water partition coefficient (Wildman–Crippen LogP) is 4.61. The molecule has 0 aliphatic carbocycles. The Kier molecular flexibility index (Phi) is 5.00. The molecule has 7 heteroatoms. The number of hydrogen-bond donors (Lipinski definition) is 2. The number of rotatable bonds is 4. The highest BCUT2D eigenvalue weighted by Gasteiger charge is 2.05. The number of hydrogen-bond acceptors (Lipinski definition) is 4. The Labute approximate surface area is 150 Å². The SMILES string of the molecule is CC(C)NC(=O)Nc1ccc(Oc2cnc3cc(Cl)ccc3n2)cc1. The summed E-state index contributed by atoms with van der Waals surface area (Å²) in [5.74, 6) is 0.977. The lowest BCUT2D eigenvalue weighted by Gasteiger charge is -2.10. The molecule has 0 bridgehead atoms. The largest absolute Gasteiger partial charge is 0.437 e. The van der Waals surface area contributed by atoms with Gasteiger partial charge in [0.15, 0.2) is 0 Å². The van der Waals surface area contributed by atoms with Gasteiger partial charge in [0.1, 0.15) is 5.75 Å². The van der Waals surface area contributed by atoms with Crippen LogP contribution in [-0.4, -0.2) is 22.0 Å². The zero-order valence-corrected chi connectivity index (χ0v) is 14.5. The maximum Gasteiger partial charge on any atom is 0.319 e. The number of ether oxygens (including phenoxy) is 1.